The largest absolute Gasteiger partial charge is 0.499 e. The number of carbonyl (C=O) groups is 1. The van der Waals surface area contributed by atoms with Crippen molar-refractivity contribution in [2.75, 3.05) is 0 Å². The van der Waals surface area contributed by atoms with Crippen LogP contribution in [0.3, 0.4) is 0 Å². The minimum atomic E-state index is 0.0972. The molecule has 0 aliphatic rings. The van der Waals surface area contributed by atoms with E-state index in [4.69, 9.17) is 5.11 Å². The molecule has 0 aliphatic carbocycles. The minimum Gasteiger partial charge on any atom is -0.499 e. The van der Waals surface area contributed by atoms with E-state index in [2.05, 4.69) is 0 Å². The highest BCUT2D eigenvalue weighted by molar-refractivity contribution is 7.12. The molecule has 0 saturated carbocycles. The smallest absolute Gasteiger partial charge is 0.181 e. The van der Waals surface area contributed by atoms with Crippen LogP contribution in [0.1, 0.15) is 10.4 Å². The molecule has 0 amide bonds. The van der Waals surface area contributed by atoms with Gasteiger partial charge in [-0.1, -0.05) is 0 Å². The summed E-state index contributed by atoms with van der Waals surface area (Å²) < 4.78 is 0. The second-order valence-electron chi connectivity index (χ2n) is 1.30. The molecule has 0 atom stereocenters. The first kappa shape index (κ1) is 5.31. The van der Waals surface area contributed by atoms with Gasteiger partial charge in [-0.05, 0) is 11.4 Å². The molecular weight excluding hydrogens is 124 g/mol. The summed E-state index contributed by atoms with van der Waals surface area (Å²) in [4.78, 5) is 9.94. The van der Waals surface area contributed by atoms with Gasteiger partial charge in [0, 0.05) is 0 Å². The van der Waals surface area contributed by atoms with E-state index in [1.54, 1.807) is 11.4 Å². The van der Waals surface area contributed by atoms with E-state index in [0.29, 0.717) is 11.8 Å². The summed E-state index contributed by atoms with van der Waals surface area (Å²) in [6.07, 6.45) is 0.631. The van der Waals surface area contributed by atoms with Crippen LogP contribution >= 0.6 is 11.3 Å². The van der Waals surface area contributed by atoms with Crippen LogP contribution < -0.4 is 0 Å². The number of rotatable bonds is 1. The number of thiophene rings is 1. The first-order valence-electron chi connectivity index (χ1n) is 2.06. The number of aromatic hydroxyl groups is 1. The van der Waals surface area contributed by atoms with Gasteiger partial charge in [0.05, 0.1) is 5.56 Å². The lowest BCUT2D eigenvalue weighted by Gasteiger charge is -1.78. The summed E-state index contributed by atoms with van der Waals surface area (Å²) in [5, 5.41) is 10.5. The second kappa shape index (κ2) is 1.96. The summed E-state index contributed by atoms with van der Waals surface area (Å²) in [5.74, 6) is 0. The predicted molar refractivity (Wildman–Crippen MR) is 31.4 cm³/mol. The summed E-state index contributed by atoms with van der Waals surface area (Å²) in [6.45, 7) is 0. The normalized spacial score (nSPS) is 9.00. The maximum atomic E-state index is 9.94. The van der Waals surface area contributed by atoms with E-state index in [0.717, 1.165) is 11.3 Å². The molecule has 1 aromatic rings. The Balaban J connectivity index is 3.09. The summed E-state index contributed by atoms with van der Waals surface area (Å²) in [6, 6.07) is 1.58. The number of hydrogen-bond acceptors (Lipinski definition) is 3. The fraction of sp³-hybridized carbons (Fsp3) is 0. The van der Waals surface area contributed by atoms with Gasteiger partial charge in [0.25, 0.3) is 0 Å². The van der Waals surface area contributed by atoms with Crippen LogP contribution in [0.4, 0.5) is 0 Å². The average molecular weight is 128 g/mol. The van der Waals surface area contributed by atoms with Crippen molar-refractivity contribution < 1.29 is 9.90 Å². The van der Waals surface area contributed by atoms with Gasteiger partial charge in [0.2, 0.25) is 0 Å². The van der Waals surface area contributed by atoms with Gasteiger partial charge in [-0.2, -0.15) is 0 Å². The van der Waals surface area contributed by atoms with Crippen molar-refractivity contribution in [2.45, 2.75) is 0 Å². The fourth-order valence-electron chi connectivity index (χ4n) is 0.401. The maximum Gasteiger partial charge on any atom is 0.181 e. The van der Waals surface area contributed by atoms with Crippen LogP contribution in [0.2, 0.25) is 0 Å². The number of carbonyl (C=O) groups excluding carboxylic acids is 1. The van der Waals surface area contributed by atoms with Crippen LogP contribution in [-0.4, -0.2) is 11.4 Å². The highest BCUT2D eigenvalue weighted by Gasteiger charge is 1.96. The Kier molecular flexibility index (Phi) is 1.30. The molecule has 1 N–H and O–H groups in total. The quantitative estimate of drug-likeness (QED) is 0.578. The van der Waals surface area contributed by atoms with Gasteiger partial charge in [-0.15, -0.1) is 11.3 Å². The molecule has 3 heteroatoms. The van der Waals surface area contributed by atoms with E-state index in [9.17, 15) is 4.79 Å². The van der Waals surface area contributed by atoms with Crippen molar-refractivity contribution in [1.82, 2.24) is 0 Å². The molecule has 42 valence electrons. The Morgan fingerprint density at radius 1 is 1.75 bits per heavy atom. The van der Waals surface area contributed by atoms with Crippen molar-refractivity contribution in [3.63, 3.8) is 0 Å². The highest BCUT2D eigenvalue weighted by atomic mass is 32.1. The molecular formula is C5H4O2S. The van der Waals surface area contributed by atoms with Gasteiger partial charge in [-0.25, -0.2) is 0 Å². The molecule has 0 radical (unpaired) electrons. The summed E-state index contributed by atoms with van der Waals surface area (Å²) >= 11 is 1.15. The zero-order valence-electron chi connectivity index (χ0n) is 4.00. The molecule has 0 fully saturated rings. The van der Waals surface area contributed by atoms with Gasteiger partial charge < -0.3 is 5.11 Å². The maximum absolute atomic E-state index is 9.94. The first-order chi connectivity index (χ1) is 3.84. The van der Waals surface area contributed by atoms with E-state index >= 15 is 0 Å². The molecule has 1 aromatic heterocycles. The third kappa shape index (κ3) is 0.721. The van der Waals surface area contributed by atoms with Crippen LogP contribution in [-0.2, 0) is 0 Å². The third-order valence-corrected chi connectivity index (χ3v) is 1.53. The topological polar surface area (TPSA) is 37.3 Å². The van der Waals surface area contributed by atoms with Crippen LogP contribution in [0.25, 0.3) is 0 Å². The fourth-order valence-corrected chi connectivity index (χ4v) is 0.997. The van der Waals surface area contributed by atoms with Crippen LogP contribution in [0.5, 0.6) is 5.06 Å². The standard InChI is InChI=1S/C5H4O2S/c6-3-4-1-2-8-5(4)7/h1-3,7H. The molecule has 2 nitrogen and oxygen atoms in total. The lowest BCUT2D eigenvalue weighted by molar-refractivity contribution is 0.112. The Bertz CT molecular complexity index is 192. The van der Waals surface area contributed by atoms with Crippen molar-refractivity contribution in [2.24, 2.45) is 0 Å². The molecule has 1 rings (SSSR count). The monoisotopic (exact) mass is 128 g/mol. The zero-order chi connectivity index (χ0) is 5.98. The lowest BCUT2D eigenvalue weighted by atomic mass is 10.4. The predicted octanol–water partition coefficient (Wildman–Crippen LogP) is 1.27. The minimum absolute atomic E-state index is 0.0972. The van der Waals surface area contributed by atoms with Crippen molar-refractivity contribution >= 4 is 17.6 Å². The van der Waals surface area contributed by atoms with Crippen molar-refractivity contribution in [3.05, 3.63) is 17.0 Å². The van der Waals surface area contributed by atoms with E-state index in [-0.39, 0.29) is 5.06 Å². The third-order valence-electron chi connectivity index (χ3n) is 0.801. The molecule has 0 unspecified atom stereocenters. The Labute approximate surface area is 50.4 Å². The van der Waals surface area contributed by atoms with Gasteiger partial charge in [-0.3, -0.25) is 4.79 Å². The molecule has 0 spiro atoms. The van der Waals surface area contributed by atoms with Crippen molar-refractivity contribution in [3.8, 4) is 5.06 Å². The van der Waals surface area contributed by atoms with Crippen LogP contribution in [0, 0.1) is 0 Å². The zero-order valence-corrected chi connectivity index (χ0v) is 4.81. The molecule has 0 aromatic carbocycles. The number of hydrogen-bond donors (Lipinski definition) is 1. The highest BCUT2D eigenvalue weighted by Crippen LogP contribution is 2.21. The van der Waals surface area contributed by atoms with E-state index < -0.39 is 0 Å². The Morgan fingerprint density at radius 3 is 2.75 bits per heavy atom. The van der Waals surface area contributed by atoms with Gasteiger partial charge >= 0.3 is 0 Å². The van der Waals surface area contributed by atoms with E-state index in [1.807, 2.05) is 0 Å². The summed E-state index contributed by atoms with van der Waals surface area (Å²) in [5.41, 5.74) is 0.370. The SMILES string of the molecule is O=Cc1ccsc1O. The average Bonchev–Trinajstić information content (AvgIpc) is 2.14. The first-order valence-corrected chi connectivity index (χ1v) is 2.94. The van der Waals surface area contributed by atoms with Gasteiger partial charge in [0.15, 0.2) is 11.3 Å². The van der Waals surface area contributed by atoms with Crippen LogP contribution in [0.15, 0.2) is 11.4 Å². The second-order valence-corrected chi connectivity index (χ2v) is 2.19. The van der Waals surface area contributed by atoms with Gasteiger partial charge in [0.1, 0.15) is 0 Å². The lowest BCUT2D eigenvalue weighted by Crippen LogP contribution is -1.68. The molecule has 0 aliphatic heterocycles. The molecule has 0 saturated heterocycles. The Hall–Kier alpha value is -0.830. The molecule has 0 bridgehead atoms. The summed E-state index contributed by atoms with van der Waals surface area (Å²) in [7, 11) is 0. The molecule has 8 heavy (non-hydrogen) atoms. The van der Waals surface area contributed by atoms with E-state index in [1.165, 1.54) is 0 Å². The van der Waals surface area contributed by atoms with Crippen molar-refractivity contribution in [1.29, 1.82) is 0 Å². The number of aldehydes is 1. The Morgan fingerprint density at radius 2 is 2.50 bits per heavy atom. The molecule has 1 heterocycles.